The third kappa shape index (κ3) is 3.06. The first-order valence-electron chi connectivity index (χ1n) is 4.70. The zero-order chi connectivity index (χ0) is 12.5. The van der Waals surface area contributed by atoms with E-state index in [0.29, 0.717) is 11.7 Å². The van der Waals surface area contributed by atoms with Gasteiger partial charge < -0.3 is 4.42 Å². The van der Waals surface area contributed by atoms with Crippen molar-refractivity contribution in [1.82, 2.24) is 9.71 Å². The number of aryl methyl sites for hydroxylation is 1. The van der Waals surface area contributed by atoms with Crippen molar-refractivity contribution in [2.75, 3.05) is 6.26 Å². The molecule has 0 bridgehead atoms. The van der Waals surface area contributed by atoms with Crippen LogP contribution in [0.4, 0.5) is 0 Å². The van der Waals surface area contributed by atoms with Gasteiger partial charge in [-0.25, -0.2) is 18.1 Å². The smallest absolute Gasteiger partial charge is 0.286 e. The fourth-order valence-corrected chi connectivity index (χ4v) is 1.52. The van der Waals surface area contributed by atoms with E-state index in [1.165, 1.54) is 0 Å². The van der Waals surface area contributed by atoms with Crippen molar-refractivity contribution in [3.8, 4) is 0 Å². The normalized spacial score (nSPS) is 11.8. The Balaban J connectivity index is 3.01. The van der Waals surface area contributed by atoms with E-state index >= 15 is 0 Å². The summed E-state index contributed by atoms with van der Waals surface area (Å²) in [5, 5.41) is 0. The van der Waals surface area contributed by atoms with Crippen molar-refractivity contribution in [2.24, 2.45) is 0 Å². The second-order valence-electron chi connectivity index (χ2n) is 3.81. The Bertz CT molecular complexity index is 502. The standard InChI is InChI=1S/C9H14N2O4S/c1-5(2)9-10-7(6(3)15-9)8(12)11-16(4,13)14/h5H,1-4H3,(H,11,12). The number of hydrogen-bond acceptors (Lipinski definition) is 5. The molecule has 16 heavy (non-hydrogen) atoms. The molecule has 0 aliphatic carbocycles. The van der Waals surface area contributed by atoms with Crippen molar-refractivity contribution in [3.63, 3.8) is 0 Å². The van der Waals surface area contributed by atoms with E-state index in [1.807, 2.05) is 18.6 Å². The highest BCUT2D eigenvalue weighted by Crippen LogP contribution is 2.17. The number of sulfonamides is 1. The van der Waals surface area contributed by atoms with Crippen LogP contribution in [0.1, 0.15) is 41.9 Å². The summed E-state index contributed by atoms with van der Waals surface area (Å²) in [6.07, 6.45) is 0.906. The van der Waals surface area contributed by atoms with Crippen LogP contribution in [0.5, 0.6) is 0 Å². The SMILES string of the molecule is Cc1oc(C(C)C)nc1C(=O)NS(C)(=O)=O. The van der Waals surface area contributed by atoms with Crippen molar-refractivity contribution >= 4 is 15.9 Å². The molecular formula is C9H14N2O4S. The number of hydrogen-bond donors (Lipinski definition) is 1. The largest absolute Gasteiger partial charge is 0.445 e. The number of nitrogens with one attached hydrogen (secondary N) is 1. The summed E-state index contributed by atoms with van der Waals surface area (Å²) < 4.78 is 28.8. The Hall–Kier alpha value is -1.37. The molecule has 6 nitrogen and oxygen atoms in total. The maximum absolute atomic E-state index is 11.5. The Morgan fingerprint density at radius 1 is 1.44 bits per heavy atom. The fraction of sp³-hybridized carbons (Fsp3) is 0.556. The van der Waals surface area contributed by atoms with Gasteiger partial charge in [0.25, 0.3) is 5.91 Å². The predicted molar refractivity (Wildman–Crippen MR) is 57.6 cm³/mol. The average Bonchev–Trinajstić information content (AvgIpc) is 2.44. The number of carbonyl (C=O) groups excluding carboxylic acids is 1. The Labute approximate surface area is 94.1 Å². The molecule has 1 amide bonds. The van der Waals surface area contributed by atoms with E-state index in [4.69, 9.17) is 4.42 Å². The summed E-state index contributed by atoms with van der Waals surface area (Å²) in [6.45, 7) is 5.29. The highest BCUT2D eigenvalue weighted by atomic mass is 32.2. The molecule has 1 N–H and O–H groups in total. The van der Waals surface area contributed by atoms with Gasteiger partial charge in [-0.1, -0.05) is 13.8 Å². The molecule has 0 aromatic carbocycles. The number of aromatic nitrogens is 1. The van der Waals surface area contributed by atoms with Crippen molar-refractivity contribution in [2.45, 2.75) is 26.7 Å². The summed E-state index contributed by atoms with van der Waals surface area (Å²) >= 11 is 0. The van der Waals surface area contributed by atoms with Crippen molar-refractivity contribution in [1.29, 1.82) is 0 Å². The van der Waals surface area contributed by atoms with E-state index in [-0.39, 0.29) is 11.6 Å². The van der Waals surface area contributed by atoms with Crippen LogP contribution in [-0.4, -0.2) is 25.6 Å². The molecule has 7 heteroatoms. The number of nitrogens with zero attached hydrogens (tertiary/aromatic N) is 1. The number of oxazole rings is 1. The van der Waals surface area contributed by atoms with E-state index in [9.17, 15) is 13.2 Å². The third-order valence-corrected chi connectivity index (χ3v) is 2.36. The minimum Gasteiger partial charge on any atom is -0.445 e. The lowest BCUT2D eigenvalue weighted by atomic mass is 10.2. The van der Waals surface area contributed by atoms with Gasteiger partial charge >= 0.3 is 0 Å². The molecule has 0 aliphatic heterocycles. The van der Waals surface area contributed by atoms with Gasteiger partial charge in [-0.2, -0.15) is 0 Å². The minimum atomic E-state index is -3.58. The van der Waals surface area contributed by atoms with E-state index in [0.717, 1.165) is 6.26 Å². The Morgan fingerprint density at radius 2 is 2.00 bits per heavy atom. The zero-order valence-electron chi connectivity index (χ0n) is 9.57. The lowest BCUT2D eigenvalue weighted by Crippen LogP contribution is -2.30. The van der Waals surface area contributed by atoms with Crippen LogP contribution < -0.4 is 4.72 Å². The zero-order valence-corrected chi connectivity index (χ0v) is 10.4. The molecule has 0 unspecified atom stereocenters. The first-order chi connectivity index (χ1) is 7.20. The molecule has 1 aromatic rings. The molecule has 1 rings (SSSR count). The van der Waals surface area contributed by atoms with E-state index in [1.54, 1.807) is 6.92 Å². The van der Waals surface area contributed by atoms with Crippen LogP contribution in [-0.2, 0) is 10.0 Å². The van der Waals surface area contributed by atoms with Gasteiger partial charge in [0, 0.05) is 5.92 Å². The third-order valence-electron chi connectivity index (χ3n) is 1.80. The highest BCUT2D eigenvalue weighted by molar-refractivity contribution is 7.89. The molecule has 0 spiro atoms. The molecule has 0 atom stereocenters. The Morgan fingerprint density at radius 3 is 2.38 bits per heavy atom. The van der Waals surface area contributed by atoms with Gasteiger partial charge in [0.1, 0.15) is 5.76 Å². The summed E-state index contributed by atoms with van der Waals surface area (Å²) in [5.41, 5.74) is 0.00845. The van der Waals surface area contributed by atoms with Crippen molar-refractivity contribution < 1.29 is 17.6 Å². The number of carbonyl (C=O) groups is 1. The van der Waals surface area contributed by atoms with Gasteiger partial charge in [0.2, 0.25) is 10.0 Å². The summed E-state index contributed by atoms with van der Waals surface area (Å²) in [7, 11) is -3.58. The fourth-order valence-electron chi connectivity index (χ4n) is 1.09. The number of amides is 1. The van der Waals surface area contributed by atoms with Crippen LogP contribution in [0.15, 0.2) is 4.42 Å². The monoisotopic (exact) mass is 246 g/mol. The van der Waals surface area contributed by atoms with Crippen LogP contribution in [0.2, 0.25) is 0 Å². The first-order valence-corrected chi connectivity index (χ1v) is 6.59. The lowest BCUT2D eigenvalue weighted by molar-refractivity contribution is 0.0976. The van der Waals surface area contributed by atoms with E-state index in [2.05, 4.69) is 4.98 Å². The Kier molecular flexibility index (Phi) is 3.37. The maximum atomic E-state index is 11.5. The maximum Gasteiger partial charge on any atom is 0.286 e. The molecule has 0 aliphatic rings. The molecule has 90 valence electrons. The quantitative estimate of drug-likeness (QED) is 0.851. The molecule has 0 saturated carbocycles. The van der Waals surface area contributed by atoms with Crippen LogP contribution in [0.3, 0.4) is 0 Å². The van der Waals surface area contributed by atoms with Crippen LogP contribution in [0, 0.1) is 6.92 Å². The second-order valence-corrected chi connectivity index (χ2v) is 5.56. The van der Waals surface area contributed by atoms with Gasteiger partial charge in [-0.05, 0) is 6.92 Å². The summed E-state index contributed by atoms with van der Waals surface area (Å²) in [4.78, 5) is 15.5. The molecule has 0 radical (unpaired) electrons. The molecule has 0 saturated heterocycles. The predicted octanol–water partition coefficient (Wildman–Crippen LogP) is 0.796. The summed E-state index contributed by atoms with van der Waals surface area (Å²) in [5.74, 6) is -0.00450. The van der Waals surface area contributed by atoms with Crippen LogP contribution in [0.25, 0.3) is 0 Å². The molecule has 0 fully saturated rings. The lowest BCUT2D eigenvalue weighted by Gasteiger charge is -1.98. The van der Waals surface area contributed by atoms with Gasteiger partial charge in [0.15, 0.2) is 11.6 Å². The van der Waals surface area contributed by atoms with Gasteiger partial charge in [-0.15, -0.1) is 0 Å². The highest BCUT2D eigenvalue weighted by Gasteiger charge is 2.20. The number of rotatable bonds is 3. The van der Waals surface area contributed by atoms with Crippen LogP contribution >= 0.6 is 0 Å². The van der Waals surface area contributed by atoms with Crippen molar-refractivity contribution in [3.05, 3.63) is 17.3 Å². The first kappa shape index (κ1) is 12.7. The molecule has 1 aromatic heterocycles. The van der Waals surface area contributed by atoms with Gasteiger partial charge in [-0.3, -0.25) is 4.79 Å². The molecular weight excluding hydrogens is 232 g/mol. The topological polar surface area (TPSA) is 89.3 Å². The van der Waals surface area contributed by atoms with Gasteiger partial charge in [0.05, 0.1) is 6.26 Å². The average molecular weight is 246 g/mol. The minimum absolute atomic E-state index is 0.00845. The van der Waals surface area contributed by atoms with E-state index < -0.39 is 15.9 Å². The molecule has 1 heterocycles. The second kappa shape index (κ2) is 4.25. The summed E-state index contributed by atoms with van der Waals surface area (Å²) in [6, 6.07) is 0.